The van der Waals surface area contributed by atoms with Gasteiger partial charge in [-0.15, -0.1) is 12.6 Å². The van der Waals surface area contributed by atoms with Gasteiger partial charge in [-0.2, -0.15) is 0 Å². The van der Waals surface area contributed by atoms with Crippen LogP contribution in [0.4, 0.5) is 0 Å². The van der Waals surface area contributed by atoms with Gasteiger partial charge < -0.3 is 4.98 Å². The lowest BCUT2D eigenvalue weighted by Gasteiger charge is -2.03. The molecule has 0 fully saturated rings. The molecule has 2 heterocycles. The van der Waals surface area contributed by atoms with Crippen molar-refractivity contribution in [3.63, 3.8) is 0 Å². The van der Waals surface area contributed by atoms with E-state index < -0.39 is 0 Å². The zero-order valence-electron chi connectivity index (χ0n) is 7.27. The third-order valence-electron chi connectivity index (χ3n) is 1.88. The first-order valence-electron chi connectivity index (χ1n) is 4.10. The molecule has 4 heteroatoms. The molecule has 0 radical (unpaired) electrons. The molecule has 0 saturated heterocycles. The topological polar surface area (TPSA) is 28.7 Å². The minimum Gasteiger partial charge on any atom is -0.360 e. The summed E-state index contributed by atoms with van der Waals surface area (Å²) in [5.41, 5.74) is 1.90. The van der Waals surface area contributed by atoms with Gasteiger partial charge in [0, 0.05) is 29.0 Å². The summed E-state index contributed by atoms with van der Waals surface area (Å²) in [7, 11) is 0. The smallest absolute Gasteiger partial charge is 0.0619 e. The van der Waals surface area contributed by atoms with E-state index in [1.54, 1.807) is 12.4 Å². The van der Waals surface area contributed by atoms with Crippen LogP contribution in [-0.2, 0) is 0 Å². The van der Waals surface area contributed by atoms with E-state index in [2.05, 4.69) is 22.6 Å². The highest BCUT2D eigenvalue weighted by Crippen LogP contribution is 2.23. The summed E-state index contributed by atoms with van der Waals surface area (Å²) in [5, 5.41) is 0. The number of aromatic amines is 1. The molecule has 2 aromatic rings. The third-order valence-corrected chi connectivity index (χ3v) is 2.84. The maximum atomic E-state index is 5.12. The van der Waals surface area contributed by atoms with Crippen LogP contribution in [0.2, 0.25) is 0 Å². The van der Waals surface area contributed by atoms with Crippen LogP contribution in [0.5, 0.6) is 0 Å². The maximum Gasteiger partial charge on any atom is 0.0619 e. The van der Waals surface area contributed by atoms with Crippen LogP contribution in [-0.4, -0.2) is 9.97 Å². The number of H-pyrrole nitrogens is 1. The van der Waals surface area contributed by atoms with Crippen LogP contribution in [0.3, 0.4) is 0 Å². The number of hydrogen-bond acceptors (Lipinski definition) is 3. The average Bonchev–Trinajstić information content (AvgIpc) is 2.23. The van der Waals surface area contributed by atoms with E-state index in [0.29, 0.717) is 0 Å². The molecule has 0 aliphatic carbocycles. The molecule has 1 N–H and O–H groups in total. The van der Waals surface area contributed by atoms with Gasteiger partial charge in [-0.3, -0.25) is 4.98 Å². The van der Waals surface area contributed by atoms with Gasteiger partial charge in [-0.1, -0.05) is 12.2 Å². The van der Waals surface area contributed by atoms with Gasteiger partial charge in [0.15, 0.2) is 0 Å². The molecule has 2 nitrogen and oxygen atoms in total. The van der Waals surface area contributed by atoms with Crippen LogP contribution >= 0.6 is 24.8 Å². The summed E-state index contributed by atoms with van der Waals surface area (Å²) in [6, 6.07) is 5.66. The van der Waals surface area contributed by atoms with Gasteiger partial charge in [0.05, 0.1) is 10.2 Å². The highest BCUT2D eigenvalue weighted by Gasteiger charge is 2.02. The third kappa shape index (κ3) is 1.71. The van der Waals surface area contributed by atoms with Crippen molar-refractivity contribution < 1.29 is 0 Å². The quantitative estimate of drug-likeness (QED) is 0.571. The fourth-order valence-electron chi connectivity index (χ4n) is 1.20. The lowest BCUT2D eigenvalue weighted by atomic mass is 10.2. The minimum absolute atomic E-state index is 0.742. The van der Waals surface area contributed by atoms with E-state index in [9.17, 15) is 0 Å². The molecule has 0 aliphatic heterocycles. The van der Waals surface area contributed by atoms with Crippen LogP contribution in [0.1, 0.15) is 0 Å². The summed E-state index contributed by atoms with van der Waals surface area (Å²) < 4.78 is 0.742. The number of nitrogens with one attached hydrogen (secondary N) is 1. The number of nitrogens with zero attached hydrogens (tertiary/aromatic N) is 1. The van der Waals surface area contributed by atoms with Gasteiger partial charge >= 0.3 is 0 Å². The Morgan fingerprint density at radius 3 is 2.93 bits per heavy atom. The fourth-order valence-corrected chi connectivity index (χ4v) is 1.64. The van der Waals surface area contributed by atoms with Crippen LogP contribution < -0.4 is 0 Å². The Labute approximate surface area is 92.4 Å². The zero-order valence-corrected chi connectivity index (χ0v) is 8.98. The monoisotopic (exact) mass is 220 g/mol. The Morgan fingerprint density at radius 2 is 2.21 bits per heavy atom. The molecule has 14 heavy (non-hydrogen) atoms. The van der Waals surface area contributed by atoms with E-state index in [-0.39, 0.29) is 0 Å². The summed E-state index contributed by atoms with van der Waals surface area (Å²) in [6.45, 7) is 0. The second kappa shape index (κ2) is 3.94. The van der Waals surface area contributed by atoms with Crippen molar-refractivity contribution in [3.05, 3.63) is 41.3 Å². The van der Waals surface area contributed by atoms with Gasteiger partial charge in [-0.25, -0.2) is 0 Å². The SMILES string of the molecule is S=c1cc[nH]c(-c2cccnc2)c1S. The van der Waals surface area contributed by atoms with E-state index in [0.717, 1.165) is 20.7 Å². The number of pyridine rings is 2. The van der Waals surface area contributed by atoms with E-state index in [1.807, 2.05) is 24.4 Å². The summed E-state index contributed by atoms with van der Waals surface area (Å²) in [4.78, 5) is 7.94. The first-order chi connectivity index (χ1) is 6.79. The molecule has 0 aromatic carbocycles. The molecule has 0 aliphatic rings. The lowest BCUT2D eigenvalue weighted by Crippen LogP contribution is -1.86. The van der Waals surface area contributed by atoms with E-state index in [4.69, 9.17) is 12.2 Å². The standard InChI is InChI=1S/C10H8N2S2/c13-8-3-5-12-9(10(8)14)7-2-1-4-11-6-7/h1-6,14H,(H,12,13). The molecule has 2 aromatic heterocycles. The second-order valence-electron chi connectivity index (χ2n) is 2.81. The molecule has 0 atom stereocenters. The van der Waals surface area contributed by atoms with Crippen molar-refractivity contribution in [1.29, 1.82) is 0 Å². The summed E-state index contributed by atoms with van der Waals surface area (Å²) >= 11 is 9.48. The fraction of sp³-hybridized carbons (Fsp3) is 0. The van der Waals surface area contributed by atoms with Crippen molar-refractivity contribution in [3.8, 4) is 11.3 Å². The maximum absolute atomic E-state index is 5.12. The largest absolute Gasteiger partial charge is 0.360 e. The van der Waals surface area contributed by atoms with Crippen molar-refractivity contribution in [1.82, 2.24) is 9.97 Å². The molecule has 0 unspecified atom stereocenters. The van der Waals surface area contributed by atoms with Gasteiger partial charge in [0.25, 0.3) is 0 Å². The number of thiol groups is 1. The zero-order chi connectivity index (χ0) is 9.97. The Morgan fingerprint density at radius 1 is 1.36 bits per heavy atom. The first-order valence-corrected chi connectivity index (χ1v) is 4.95. The predicted octanol–water partition coefficient (Wildman–Crippen LogP) is 3.09. The highest BCUT2D eigenvalue weighted by molar-refractivity contribution is 7.81. The highest BCUT2D eigenvalue weighted by atomic mass is 32.1. The number of hydrogen-bond donors (Lipinski definition) is 2. The van der Waals surface area contributed by atoms with E-state index in [1.165, 1.54) is 0 Å². The lowest BCUT2D eigenvalue weighted by molar-refractivity contribution is 1.21. The van der Waals surface area contributed by atoms with Crippen molar-refractivity contribution in [2.24, 2.45) is 0 Å². The molecule has 0 spiro atoms. The van der Waals surface area contributed by atoms with Crippen molar-refractivity contribution >= 4 is 24.8 Å². The average molecular weight is 220 g/mol. The molecule has 70 valence electrons. The van der Waals surface area contributed by atoms with Crippen LogP contribution in [0.25, 0.3) is 11.3 Å². The van der Waals surface area contributed by atoms with Crippen LogP contribution in [0.15, 0.2) is 41.7 Å². The number of aromatic nitrogens is 2. The molecule has 2 rings (SSSR count). The number of rotatable bonds is 1. The molecule has 0 saturated carbocycles. The second-order valence-corrected chi connectivity index (χ2v) is 3.69. The van der Waals surface area contributed by atoms with Crippen molar-refractivity contribution in [2.75, 3.05) is 0 Å². The molecule has 0 bridgehead atoms. The van der Waals surface area contributed by atoms with Gasteiger partial charge in [0.1, 0.15) is 0 Å². The predicted molar refractivity (Wildman–Crippen MR) is 62.1 cm³/mol. The van der Waals surface area contributed by atoms with Gasteiger partial charge in [-0.05, 0) is 18.2 Å². The Hall–Kier alpha value is -1.13. The molecular weight excluding hydrogens is 212 g/mol. The van der Waals surface area contributed by atoms with E-state index >= 15 is 0 Å². The minimum atomic E-state index is 0.742. The Bertz CT molecular complexity index is 491. The molecule has 0 amide bonds. The summed E-state index contributed by atoms with van der Waals surface area (Å²) in [6.07, 6.45) is 5.32. The van der Waals surface area contributed by atoms with Crippen LogP contribution in [0, 0.1) is 4.51 Å². The normalized spacial score (nSPS) is 10.1. The van der Waals surface area contributed by atoms with Crippen molar-refractivity contribution in [2.45, 2.75) is 4.90 Å². The summed E-state index contributed by atoms with van der Waals surface area (Å²) in [5.74, 6) is 0. The van der Waals surface area contributed by atoms with Gasteiger partial charge in [0.2, 0.25) is 0 Å². The Kier molecular flexibility index (Phi) is 2.65. The first kappa shape index (κ1) is 9.43. The Balaban J connectivity index is 2.64. The molecular formula is C10H8N2S2.